The Morgan fingerprint density at radius 1 is 1.36 bits per heavy atom. The Bertz CT molecular complexity index is 130. The smallest absolute Gasteiger partial charge is 0.138 e. The number of hydrogen-bond donors (Lipinski definition) is 1. The Morgan fingerprint density at radius 3 is 2.09 bits per heavy atom. The minimum atomic E-state index is -0.484. The zero-order valence-electron chi connectivity index (χ0n) is 7.79. The molecule has 0 radical (unpaired) electrons. The van der Waals surface area contributed by atoms with Crippen LogP contribution in [0, 0.1) is 11.8 Å². The van der Waals surface area contributed by atoms with E-state index in [-0.39, 0.29) is 17.6 Å². The van der Waals surface area contributed by atoms with E-state index in [0.717, 1.165) is 0 Å². The van der Waals surface area contributed by atoms with Gasteiger partial charge in [-0.25, -0.2) is 0 Å². The van der Waals surface area contributed by atoms with Crippen molar-refractivity contribution in [1.29, 1.82) is 0 Å². The molecule has 2 heteroatoms. The molecule has 0 spiro atoms. The van der Waals surface area contributed by atoms with Gasteiger partial charge in [0.15, 0.2) is 0 Å². The second-order valence-electron chi connectivity index (χ2n) is 3.34. The lowest BCUT2D eigenvalue weighted by molar-refractivity contribution is -0.126. The third-order valence-corrected chi connectivity index (χ3v) is 2.05. The fraction of sp³-hybridized carbons (Fsp3) is 0.889. The molecule has 0 saturated carbocycles. The lowest BCUT2D eigenvalue weighted by atomic mass is 9.90. The largest absolute Gasteiger partial charge is 0.392 e. The molecule has 0 amide bonds. The number of carbonyl (C=O) groups excluding carboxylic acids is 1. The van der Waals surface area contributed by atoms with Crippen LogP contribution in [0.4, 0.5) is 0 Å². The molecule has 1 N–H and O–H groups in total. The van der Waals surface area contributed by atoms with Crippen LogP contribution in [0.3, 0.4) is 0 Å². The summed E-state index contributed by atoms with van der Waals surface area (Å²) in [7, 11) is 0. The summed E-state index contributed by atoms with van der Waals surface area (Å²) < 4.78 is 0. The first-order valence-electron chi connectivity index (χ1n) is 4.21. The second kappa shape index (κ2) is 4.50. The molecule has 0 bridgehead atoms. The summed E-state index contributed by atoms with van der Waals surface area (Å²) in [5.41, 5.74) is 0. The molecule has 2 unspecified atom stereocenters. The zero-order chi connectivity index (χ0) is 9.02. The van der Waals surface area contributed by atoms with E-state index in [1.54, 1.807) is 6.92 Å². The fourth-order valence-corrected chi connectivity index (χ4v) is 1.09. The van der Waals surface area contributed by atoms with E-state index in [1.165, 1.54) is 0 Å². The minimum absolute atomic E-state index is 0.145. The van der Waals surface area contributed by atoms with Crippen LogP contribution >= 0.6 is 0 Å². The SMILES string of the molecule is CCC(=O)C(C)C(O)C(C)C. The van der Waals surface area contributed by atoms with Crippen molar-refractivity contribution in [1.82, 2.24) is 0 Å². The number of rotatable bonds is 4. The van der Waals surface area contributed by atoms with Crippen LogP contribution in [0.5, 0.6) is 0 Å². The van der Waals surface area contributed by atoms with Crippen LogP contribution in [-0.4, -0.2) is 17.0 Å². The van der Waals surface area contributed by atoms with Crippen LogP contribution in [0.25, 0.3) is 0 Å². The van der Waals surface area contributed by atoms with Crippen LogP contribution in [0.2, 0.25) is 0 Å². The van der Waals surface area contributed by atoms with Gasteiger partial charge >= 0.3 is 0 Å². The number of aliphatic hydroxyl groups is 1. The van der Waals surface area contributed by atoms with E-state index in [0.29, 0.717) is 6.42 Å². The molecule has 0 heterocycles. The average Bonchev–Trinajstić information content (AvgIpc) is 2.00. The summed E-state index contributed by atoms with van der Waals surface area (Å²) in [4.78, 5) is 11.1. The fourth-order valence-electron chi connectivity index (χ4n) is 1.09. The molecule has 0 aromatic heterocycles. The lowest BCUT2D eigenvalue weighted by Crippen LogP contribution is -2.29. The molecule has 2 nitrogen and oxygen atoms in total. The Kier molecular flexibility index (Phi) is 4.34. The van der Waals surface area contributed by atoms with Crippen molar-refractivity contribution in [2.24, 2.45) is 11.8 Å². The molecular formula is C9H18O2. The maximum absolute atomic E-state index is 11.1. The van der Waals surface area contributed by atoms with Gasteiger partial charge in [-0.2, -0.15) is 0 Å². The molecule has 66 valence electrons. The molecule has 11 heavy (non-hydrogen) atoms. The van der Waals surface area contributed by atoms with Crippen molar-refractivity contribution >= 4 is 5.78 Å². The number of hydrogen-bond acceptors (Lipinski definition) is 2. The van der Waals surface area contributed by atoms with Gasteiger partial charge < -0.3 is 5.11 Å². The van der Waals surface area contributed by atoms with Crippen LogP contribution in [0.15, 0.2) is 0 Å². The third-order valence-electron chi connectivity index (χ3n) is 2.05. The van der Waals surface area contributed by atoms with Gasteiger partial charge in [-0.1, -0.05) is 27.7 Å². The van der Waals surface area contributed by atoms with Crippen molar-refractivity contribution in [3.8, 4) is 0 Å². The first-order chi connectivity index (χ1) is 5.00. The molecule has 0 rings (SSSR count). The predicted octanol–water partition coefficient (Wildman–Crippen LogP) is 1.62. The summed E-state index contributed by atoms with van der Waals surface area (Å²) in [5.74, 6) is 0.103. The Morgan fingerprint density at radius 2 is 1.82 bits per heavy atom. The number of carbonyl (C=O) groups is 1. The maximum Gasteiger partial charge on any atom is 0.138 e. The first-order valence-corrected chi connectivity index (χ1v) is 4.21. The van der Waals surface area contributed by atoms with Crippen LogP contribution in [0.1, 0.15) is 34.1 Å². The highest BCUT2D eigenvalue weighted by Gasteiger charge is 2.22. The monoisotopic (exact) mass is 158 g/mol. The molecule has 0 aliphatic heterocycles. The normalized spacial score (nSPS) is 16.5. The molecule has 0 saturated heterocycles. The van der Waals surface area contributed by atoms with Crippen molar-refractivity contribution in [3.05, 3.63) is 0 Å². The van der Waals surface area contributed by atoms with Crippen molar-refractivity contribution in [2.45, 2.75) is 40.2 Å². The quantitative estimate of drug-likeness (QED) is 0.675. The van der Waals surface area contributed by atoms with E-state index in [9.17, 15) is 9.90 Å². The number of ketones is 1. The summed E-state index contributed by atoms with van der Waals surface area (Å²) >= 11 is 0. The van der Waals surface area contributed by atoms with E-state index in [2.05, 4.69) is 0 Å². The van der Waals surface area contributed by atoms with Gasteiger partial charge in [-0.05, 0) is 5.92 Å². The van der Waals surface area contributed by atoms with Crippen molar-refractivity contribution in [2.75, 3.05) is 0 Å². The van der Waals surface area contributed by atoms with Gasteiger partial charge in [0.1, 0.15) is 5.78 Å². The van der Waals surface area contributed by atoms with Gasteiger partial charge in [0, 0.05) is 12.3 Å². The summed E-state index contributed by atoms with van der Waals surface area (Å²) in [6, 6.07) is 0. The van der Waals surface area contributed by atoms with Crippen molar-refractivity contribution in [3.63, 3.8) is 0 Å². The highest BCUT2D eigenvalue weighted by molar-refractivity contribution is 5.80. The Balaban J connectivity index is 4.01. The Hall–Kier alpha value is -0.370. The highest BCUT2D eigenvalue weighted by atomic mass is 16.3. The Labute approximate surface area is 68.6 Å². The summed E-state index contributed by atoms with van der Waals surface area (Å²) in [5, 5.41) is 9.48. The molecule has 0 aromatic carbocycles. The van der Waals surface area contributed by atoms with Crippen LogP contribution < -0.4 is 0 Å². The lowest BCUT2D eigenvalue weighted by Gasteiger charge is -2.20. The van der Waals surface area contributed by atoms with Gasteiger partial charge in [0.05, 0.1) is 6.10 Å². The second-order valence-corrected chi connectivity index (χ2v) is 3.34. The minimum Gasteiger partial charge on any atom is -0.392 e. The van der Waals surface area contributed by atoms with Gasteiger partial charge in [-0.15, -0.1) is 0 Å². The van der Waals surface area contributed by atoms with Gasteiger partial charge in [-0.3, -0.25) is 4.79 Å². The van der Waals surface area contributed by atoms with E-state index in [1.807, 2.05) is 20.8 Å². The van der Waals surface area contributed by atoms with E-state index >= 15 is 0 Å². The number of aliphatic hydroxyl groups excluding tert-OH is 1. The van der Waals surface area contributed by atoms with E-state index in [4.69, 9.17) is 0 Å². The summed E-state index contributed by atoms with van der Waals surface area (Å²) in [6.45, 7) is 7.45. The first kappa shape index (κ1) is 10.6. The zero-order valence-corrected chi connectivity index (χ0v) is 7.79. The molecular weight excluding hydrogens is 140 g/mol. The van der Waals surface area contributed by atoms with Gasteiger partial charge in [0.2, 0.25) is 0 Å². The topological polar surface area (TPSA) is 37.3 Å². The predicted molar refractivity (Wildman–Crippen MR) is 45.3 cm³/mol. The highest BCUT2D eigenvalue weighted by Crippen LogP contribution is 2.14. The average molecular weight is 158 g/mol. The van der Waals surface area contributed by atoms with Crippen LogP contribution in [-0.2, 0) is 4.79 Å². The molecule has 0 aromatic rings. The molecule has 0 aliphatic carbocycles. The third kappa shape index (κ3) is 3.02. The summed E-state index contributed by atoms with van der Waals surface area (Å²) in [6.07, 6.45) is 0.0350. The molecule has 0 fully saturated rings. The maximum atomic E-state index is 11.1. The standard InChI is InChI=1S/C9H18O2/c1-5-8(10)7(4)9(11)6(2)3/h6-7,9,11H,5H2,1-4H3. The molecule has 2 atom stereocenters. The molecule has 0 aliphatic rings. The van der Waals surface area contributed by atoms with E-state index < -0.39 is 6.10 Å². The van der Waals surface area contributed by atoms with Gasteiger partial charge in [0.25, 0.3) is 0 Å². The van der Waals surface area contributed by atoms with Crippen molar-refractivity contribution < 1.29 is 9.90 Å². The number of Topliss-reactive ketones (excluding diaryl/α,β-unsaturated/α-hetero) is 1.